The van der Waals surface area contributed by atoms with Crippen LogP contribution in [-0.2, 0) is 15.0 Å². The molecular weight excluding hydrogens is 530 g/mol. The molecule has 1 amide bonds. The number of Topliss-reactive ketones (excluding diaryl/α,β-unsaturated/α-hetero) is 1. The van der Waals surface area contributed by atoms with Gasteiger partial charge in [-0.2, -0.15) is 0 Å². The molecule has 0 aromatic heterocycles. The number of benzene rings is 2. The largest absolute Gasteiger partial charge is 0.394 e. The second-order valence-corrected chi connectivity index (χ2v) is 12.1. The number of aliphatic hydroxyl groups is 2. The Morgan fingerprint density at radius 2 is 1.97 bits per heavy atom. The van der Waals surface area contributed by atoms with Gasteiger partial charge in [-0.1, -0.05) is 62.5 Å². The highest BCUT2D eigenvalue weighted by atomic mass is 35.5. The Morgan fingerprint density at radius 3 is 2.63 bits per heavy atom. The van der Waals surface area contributed by atoms with E-state index in [1.165, 1.54) is 12.1 Å². The third kappa shape index (κ3) is 5.24. The van der Waals surface area contributed by atoms with E-state index in [1.54, 1.807) is 18.2 Å². The molecule has 0 radical (unpaired) electrons. The van der Waals surface area contributed by atoms with Crippen molar-refractivity contribution in [2.24, 2.45) is 5.41 Å². The van der Waals surface area contributed by atoms with E-state index in [0.717, 1.165) is 6.42 Å². The van der Waals surface area contributed by atoms with E-state index in [0.29, 0.717) is 34.7 Å². The highest BCUT2D eigenvalue weighted by Crippen LogP contribution is 2.57. The third-order valence-corrected chi connectivity index (χ3v) is 8.85. The molecular formula is C29H35Cl2FN2O4. The summed E-state index contributed by atoms with van der Waals surface area (Å²) in [5.41, 5.74) is 0.149. The Kier molecular flexibility index (Phi) is 8.55. The molecule has 1 fully saturated rings. The van der Waals surface area contributed by atoms with Gasteiger partial charge in [-0.05, 0) is 60.1 Å². The van der Waals surface area contributed by atoms with Gasteiger partial charge in [0.2, 0.25) is 5.91 Å². The van der Waals surface area contributed by atoms with Gasteiger partial charge in [-0.25, -0.2) is 4.39 Å². The fraction of sp³-hybridized carbons (Fsp3) is 0.517. The van der Waals surface area contributed by atoms with Crippen LogP contribution in [0.5, 0.6) is 0 Å². The van der Waals surface area contributed by atoms with Crippen LogP contribution in [0.3, 0.4) is 0 Å². The third-order valence-electron chi connectivity index (χ3n) is 8.32. The molecule has 0 unspecified atom stereocenters. The number of hydrogen-bond donors (Lipinski definition) is 4. The summed E-state index contributed by atoms with van der Waals surface area (Å²) in [5, 5.41) is 25.7. The minimum Gasteiger partial charge on any atom is -0.394 e. The molecule has 2 aromatic carbocycles. The zero-order valence-corrected chi connectivity index (χ0v) is 23.4. The molecule has 2 aliphatic rings. The first-order valence-corrected chi connectivity index (χ1v) is 13.8. The van der Waals surface area contributed by atoms with Gasteiger partial charge in [0, 0.05) is 29.1 Å². The Morgan fingerprint density at radius 1 is 1.24 bits per heavy atom. The van der Waals surface area contributed by atoms with E-state index in [1.807, 2.05) is 6.07 Å². The Bertz CT molecular complexity index is 1220. The van der Waals surface area contributed by atoms with Crippen LogP contribution in [0.4, 0.5) is 10.1 Å². The first-order valence-electron chi connectivity index (χ1n) is 13.1. The lowest BCUT2D eigenvalue weighted by Crippen LogP contribution is -2.49. The average molecular weight is 566 g/mol. The van der Waals surface area contributed by atoms with Gasteiger partial charge in [-0.3, -0.25) is 9.59 Å². The first kappa shape index (κ1) is 29.0. The SMILES string of the molecule is CCC(C)(C)C[C@H]1N[C@@H](C(=O)CCC[C@H](O)CO)[C@H](c2cccc(Cl)c2)[C@@]12C(=O)Nc1cc(Cl)c(F)cc12. The summed E-state index contributed by atoms with van der Waals surface area (Å²) < 4.78 is 15.0. The molecule has 5 atom stereocenters. The molecule has 0 bridgehead atoms. The van der Waals surface area contributed by atoms with Crippen LogP contribution in [0, 0.1) is 11.2 Å². The lowest BCUT2D eigenvalue weighted by molar-refractivity contribution is -0.122. The number of anilines is 1. The van der Waals surface area contributed by atoms with E-state index in [9.17, 15) is 19.1 Å². The second kappa shape index (κ2) is 11.2. The number of halogens is 3. The number of carbonyl (C=O) groups excluding carboxylic acids is 2. The zero-order valence-electron chi connectivity index (χ0n) is 21.9. The van der Waals surface area contributed by atoms with Crippen molar-refractivity contribution in [2.75, 3.05) is 11.9 Å². The van der Waals surface area contributed by atoms with E-state index >= 15 is 0 Å². The number of carbonyl (C=O) groups is 2. The summed E-state index contributed by atoms with van der Waals surface area (Å²) in [7, 11) is 0. The van der Waals surface area contributed by atoms with Crippen molar-refractivity contribution in [3.63, 3.8) is 0 Å². The van der Waals surface area contributed by atoms with Gasteiger partial charge >= 0.3 is 0 Å². The number of ketones is 1. The number of rotatable bonds is 10. The summed E-state index contributed by atoms with van der Waals surface area (Å²) in [6, 6.07) is 8.63. The van der Waals surface area contributed by atoms with Crippen LogP contribution >= 0.6 is 23.2 Å². The summed E-state index contributed by atoms with van der Waals surface area (Å²) in [6.07, 6.45) is 1.31. The fourth-order valence-corrected chi connectivity index (χ4v) is 6.39. The maximum Gasteiger partial charge on any atom is 0.237 e. The van der Waals surface area contributed by atoms with Gasteiger partial charge in [0.1, 0.15) is 17.0 Å². The number of aliphatic hydroxyl groups excluding tert-OH is 2. The minimum absolute atomic E-state index is 0.0909. The van der Waals surface area contributed by atoms with Crippen molar-refractivity contribution in [2.45, 2.75) is 82.4 Å². The van der Waals surface area contributed by atoms with Gasteiger partial charge in [0.25, 0.3) is 0 Å². The minimum atomic E-state index is -1.29. The zero-order chi connectivity index (χ0) is 27.8. The van der Waals surface area contributed by atoms with Gasteiger partial charge < -0.3 is 20.8 Å². The van der Waals surface area contributed by atoms with Crippen molar-refractivity contribution >= 4 is 40.6 Å². The van der Waals surface area contributed by atoms with Crippen LogP contribution in [-0.4, -0.2) is 46.7 Å². The molecule has 206 valence electrons. The highest BCUT2D eigenvalue weighted by molar-refractivity contribution is 6.31. The molecule has 2 heterocycles. The van der Waals surface area contributed by atoms with Crippen LogP contribution in [0.2, 0.25) is 10.0 Å². The molecule has 1 spiro atoms. The monoisotopic (exact) mass is 564 g/mol. The summed E-state index contributed by atoms with van der Waals surface area (Å²) >= 11 is 12.5. The molecule has 4 rings (SSSR count). The van der Waals surface area contributed by atoms with Gasteiger partial charge in [0.15, 0.2) is 0 Å². The van der Waals surface area contributed by atoms with E-state index < -0.39 is 35.3 Å². The van der Waals surface area contributed by atoms with Crippen molar-refractivity contribution in [3.8, 4) is 0 Å². The molecule has 2 aromatic rings. The fourth-order valence-electron chi connectivity index (χ4n) is 6.03. The lowest BCUT2D eigenvalue weighted by atomic mass is 9.62. The second-order valence-electron chi connectivity index (χ2n) is 11.3. The topological polar surface area (TPSA) is 98.7 Å². The highest BCUT2D eigenvalue weighted by Gasteiger charge is 2.65. The number of hydrogen-bond acceptors (Lipinski definition) is 5. The normalized spacial score (nSPS) is 25.5. The van der Waals surface area contributed by atoms with Crippen LogP contribution in [0.15, 0.2) is 36.4 Å². The van der Waals surface area contributed by atoms with Crippen molar-refractivity contribution in [1.82, 2.24) is 5.32 Å². The molecule has 6 nitrogen and oxygen atoms in total. The van der Waals surface area contributed by atoms with Crippen LogP contribution in [0.1, 0.15) is 69.9 Å². The standard InChI is InChI=1S/C29H35Cl2FN2O4/c1-4-28(2,3)14-24-29(19-12-21(32)20(31)13-22(19)33-27(29)38)25(16-7-5-8-17(30)11-16)26(34-24)23(37)10-6-9-18(36)15-35/h5,7-8,11-13,18,24-26,34-36H,4,6,9-10,14-15H2,1-3H3,(H,33,38)/t18-,24+,25-,26-,29-/m0/s1. The lowest BCUT2D eigenvalue weighted by Gasteiger charge is -2.38. The number of amides is 1. The molecule has 0 saturated carbocycles. The number of nitrogens with one attached hydrogen (secondary N) is 2. The van der Waals surface area contributed by atoms with E-state index in [2.05, 4.69) is 31.4 Å². The quantitative estimate of drug-likeness (QED) is 0.311. The van der Waals surface area contributed by atoms with Gasteiger partial charge in [-0.15, -0.1) is 0 Å². The summed E-state index contributed by atoms with van der Waals surface area (Å²) in [4.78, 5) is 27.9. The average Bonchev–Trinajstić information content (AvgIpc) is 3.34. The molecule has 9 heteroatoms. The summed E-state index contributed by atoms with van der Waals surface area (Å²) in [5.74, 6) is -1.73. The molecule has 0 aliphatic carbocycles. The van der Waals surface area contributed by atoms with Crippen molar-refractivity contribution in [3.05, 3.63) is 63.4 Å². The molecule has 1 saturated heterocycles. The Balaban J connectivity index is 1.89. The maximum atomic E-state index is 15.0. The van der Waals surface area contributed by atoms with Gasteiger partial charge in [0.05, 0.1) is 23.8 Å². The molecule has 4 N–H and O–H groups in total. The van der Waals surface area contributed by atoms with Crippen molar-refractivity contribution < 1.29 is 24.2 Å². The van der Waals surface area contributed by atoms with E-state index in [-0.39, 0.29) is 41.6 Å². The predicted octanol–water partition coefficient (Wildman–Crippen LogP) is 5.37. The predicted molar refractivity (Wildman–Crippen MR) is 147 cm³/mol. The summed E-state index contributed by atoms with van der Waals surface area (Å²) in [6.45, 7) is 5.92. The smallest absolute Gasteiger partial charge is 0.237 e. The first-order chi connectivity index (χ1) is 17.9. The van der Waals surface area contributed by atoms with Crippen LogP contribution < -0.4 is 10.6 Å². The maximum absolute atomic E-state index is 15.0. The molecule has 2 aliphatic heterocycles. The molecule has 38 heavy (non-hydrogen) atoms. The van der Waals surface area contributed by atoms with E-state index in [4.69, 9.17) is 28.3 Å². The van der Waals surface area contributed by atoms with Crippen molar-refractivity contribution in [1.29, 1.82) is 0 Å². The van der Waals surface area contributed by atoms with Crippen LogP contribution in [0.25, 0.3) is 0 Å². The Labute approximate surface area is 232 Å². The number of fused-ring (bicyclic) bond motifs is 2. The Hall–Kier alpha value is -2.03.